The second-order valence-electron chi connectivity index (χ2n) is 6.03. The number of nitrogens with two attached hydrogens (primary N) is 1. The first kappa shape index (κ1) is 13.6. The summed E-state index contributed by atoms with van der Waals surface area (Å²) in [5, 5.41) is 0. The molecule has 2 N–H and O–H groups in total. The first-order valence-corrected chi connectivity index (χ1v) is 7.73. The van der Waals surface area contributed by atoms with Crippen LogP contribution in [-0.4, -0.2) is 28.4 Å². The van der Waals surface area contributed by atoms with Crippen LogP contribution in [0.15, 0.2) is 18.3 Å². The number of rotatable bonds is 1. The maximum absolute atomic E-state index is 12.8. The molecule has 0 saturated heterocycles. The third-order valence-electron chi connectivity index (χ3n) is 4.66. The van der Waals surface area contributed by atoms with E-state index in [0.717, 1.165) is 44.3 Å². The van der Waals surface area contributed by atoms with Crippen molar-refractivity contribution in [3.8, 4) is 0 Å². The zero-order valence-corrected chi connectivity index (χ0v) is 11.9. The molecule has 1 aromatic heterocycles. The molecule has 0 spiro atoms. The molecule has 4 nitrogen and oxygen atoms in total. The fourth-order valence-electron chi connectivity index (χ4n) is 3.43. The Hall–Kier alpha value is -1.42. The van der Waals surface area contributed by atoms with Gasteiger partial charge in [-0.3, -0.25) is 9.78 Å². The lowest BCUT2D eigenvalue weighted by Crippen LogP contribution is -2.45. The van der Waals surface area contributed by atoms with Crippen LogP contribution in [0.25, 0.3) is 0 Å². The first-order chi connectivity index (χ1) is 9.75. The van der Waals surface area contributed by atoms with Gasteiger partial charge < -0.3 is 10.6 Å². The van der Waals surface area contributed by atoms with Gasteiger partial charge in [-0.25, -0.2) is 0 Å². The number of pyridine rings is 1. The van der Waals surface area contributed by atoms with Crippen LogP contribution in [0.4, 0.5) is 0 Å². The van der Waals surface area contributed by atoms with Crippen LogP contribution in [0, 0.1) is 5.92 Å². The van der Waals surface area contributed by atoms with Crippen LogP contribution in [0.3, 0.4) is 0 Å². The van der Waals surface area contributed by atoms with E-state index in [0.29, 0.717) is 6.54 Å². The molecule has 0 aromatic carbocycles. The maximum atomic E-state index is 12.8. The van der Waals surface area contributed by atoms with Crippen molar-refractivity contribution in [3.05, 3.63) is 29.6 Å². The fourth-order valence-corrected chi connectivity index (χ4v) is 3.43. The predicted octanol–water partition coefficient (Wildman–Crippen LogP) is 1.87. The minimum atomic E-state index is 0.0238. The summed E-state index contributed by atoms with van der Waals surface area (Å²) in [7, 11) is 0. The molecule has 3 rings (SSSR count). The SMILES string of the molecule is NC1CCCCCC1C(=O)N1CCc2ncccc2C1. The van der Waals surface area contributed by atoms with E-state index in [-0.39, 0.29) is 17.9 Å². The number of hydrogen-bond donors (Lipinski definition) is 1. The standard InChI is InChI=1S/C16H23N3O/c17-14-7-3-1-2-6-13(14)16(20)19-10-8-15-12(11-19)5-4-9-18-15/h4-5,9,13-14H,1-3,6-8,10-11,17H2. The highest BCUT2D eigenvalue weighted by molar-refractivity contribution is 5.80. The molecule has 0 bridgehead atoms. The lowest BCUT2D eigenvalue weighted by molar-refractivity contribution is -0.137. The van der Waals surface area contributed by atoms with E-state index in [1.165, 1.54) is 12.0 Å². The summed E-state index contributed by atoms with van der Waals surface area (Å²) in [5.41, 5.74) is 8.55. The van der Waals surface area contributed by atoms with Crippen molar-refractivity contribution in [1.82, 2.24) is 9.88 Å². The largest absolute Gasteiger partial charge is 0.338 e. The van der Waals surface area contributed by atoms with E-state index in [9.17, 15) is 4.79 Å². The zero-order chi connectivity index (χ0) is 13.9. The van der Waals surface area contributed by atoms with Crippen molar-refractivity contribution in [3.63, 3.8) is 0 Å². The molecular formula is C16H23N3O. The van der Waals surface area contributed by atoms with Gasteiger partial charge in [0.25, 0.3) is 0 Å². The Balaban J connectivity index is 1.72. The van der Waals surface area contributed by atoms with E-state index in [1.54, 1.807) is 0 Å². The zero-order valence-electron chi connectivity index (χ0n) is 11.9. The number of carbonyl (C=O) groups excluding carboxylic acids is 1. The number of carbonyl (C=O) groups is 1. The van der Waals surface area contributed by atoms with E-state index in [1.807, 2.05) is 17.2 Å². The van der Waals surface area contributed by atoms with Crippen LogP contribution in [-0.2, 0) is 17.8 Å². The number of nitrogens with zero attached hydrogens (tertiary/aromatic N) is 2. The second-order valence-corrected chi connectivity index (χ2v) is 6.03. The Morgan fingerprint density at radius 2 is 2.15 bits per heavy atom. The Kier molecular flexibility index (Phi) is 4.01. The van der Waals surface area contributed by atoms with E-state index < -0.39 is 0 Å². The average molecular weight is 273 g/mol. The third kappa shape index (κ3) is 2.70. The van der Waals surface area contributed by atoms with Crippen molar-refractivity contribution < 1.29 is 4.79 Å². The quantitative estimate of drug-likeness (QED) is 0.795. The molecule has 20 heavy (non-hydrogen) atoms. The number of aromatic nitrogens is 1. The molecule has 2 atom stereocenters. The Bertz CT molecular complexity index is 488. The molecule has 0 radical (unpaired) electrons. The lowest BCUT2D eigenvalue weighted by Gasteiger charge is -2.32. The van der Waals surface area contributed by atoms with Gasteiger partial charge in [0.1, 0.15) is 0 Å². The number of amides is 1. The highest BCUT2D eigenvalue weighted by Gasteiger charge is 2.32. The lowest BCUT2D eigenvalue weighted by atomic mass is 9.93. The van der Waals surface area contributed by atoms with Crippen molar-refractivity contribution in [2.24, 2.45) is 11.7 Å². The summed E-state index contributed by atoms with van der Waals surface area (Å²) >= 11 is 0. The summed E-state index contributed by atoms with van der Waals surface area (Å²) in [5.74, 6) is 0.282. The van der Waals surface area contributed by atoms with Gasteiger partial charge in [-0.05, 0) is 24.5 Å². The molecule has 1 saturated carbocycles. The van der Waals surface area contributed by atoms with Gasteiger partial charge in [0.05, 0.1) is 5.92 Å². The number of hydrogen-bond acceptors (Lipinski definition) is 3. The van der Waals surface area contributed by atoms with Crippen molar-refractivity contribution in [2.75, 3.05) is 6.54 Å². The van der Waals surface area contributed by atoms with Crippen LogP contribution in [0.2, 0.25) is 0 Å². The number of fused-ring (bicyclic) bond motifs is 1. The molecule has 1 aromatic rings. The molecule has 1 amide bonds. The highest BCUT2D eigenvalue weighted by Crippen LogP contribution is 2.26. The van der Waals surface area contributed by atoms with Crippen molar-refractivity contribution >= 4 is 5.91 Å². The van der Waals surface area contributed by atoms with Crippen LogP contribution >= 0.6 is 0 Å². The molecule has 4 heteroatoms. The maximum Gasteiger partial charge on any atom is 0.227 e. The first-order valence-electron chi connectivity index (χ1n) is 7.73. The fraction of sp³-hybridized carbons (Fsp3) is 0.625. The Morgan fingerprint density at radius 3 is 3.05 bits per heavy atom. The predicted molar refractivity (Wildman–Crippen MR) is 77.9 cm³/mol. The van der Waals surface area contributed by atoms with Crippen LogP contribution in [0.1, 0.15) is 43.4 Å². The summed E-state index contributed by atoms with van der Waals surface area (Å²) in [6.45, 7) is 1.48. The monoisotopic (exact) mass is 273 g/mol. The molecule has 2 aliphatic rings. The summed E-state index contributed by atoms with van der Waals surface area (Å²) in [6, 6.07) is 4.07. The van der Waals surface area contributed by atoms with Gasteiger partial charge in [0.2, 0.25) is 5.91 Å². The molecule has 2 unspecified atom stereocenters. The molecule has 1 aliphatic carbocycles. The van der Waals surface area contributed by atoms with Crippen molar-refractivity contribution in [1.29, 1.82) is 0 Å². The topological polar surface area (TPSA) is 59.2 Å². The normalized spacial score (nSPS) is 26.8. The van der Waals surface area contributed by atoms with Gasteiger partial charge in [-0.1, -0.05) is 25.3 Å². The van der Waals surface area contributed by atoms with Gasteiger partial charge in [0, 0.05) is 37.4 Å². The Labute approximate surface area is 120 Å². The minimum Gasteiger partial charge on any atom is -0.338 e. The van der Waals surface area contributed by atoms with Gasteiger partial charge in [-0.2, -0.15) is 0 Å². The van der Waals surface area contributed by atoms with Gasteiger partial charge >= 0.3 is 0 Å². The molecule has 2 heterocycles. The van der Waals surface area contributed by atoms with E-state index >= 15 is 0 Å². The van der Waals surface area contributed by atoms with E-state index in [2.05, 4.69) is 11.1 Å². The van der Waals surface area contributed by atoms with E-state index in [4.69, 9.17) is 5.73 Å². The summed E-state index contributed by atoms with van der Waals surface area (Å²) in [6.07, 6.45) is 8.15. The third-order valence-corrected chi connectivity index (χ3v) is 4.66. The average Bonchev–Trinajstić information content (AvgIpc) is 2.70. The summed E-state index contributed by atoms with van der Waals surface area (Å²) in [4.78, 5) is 19.1. The minimum absolute atomic E-state index is 0.0238. The second kappa shape index (κ2) is 5.92. The van der Waals surface area contributed by atoms with Gasteiger partial charge in [-0.15, -0.1) is 0 Å². The summed E-state index contributed by atoms with van der Waals surface area (Å²) < 4.78 is 0. The molecule has 1 fully saturated rings. The van der Waals surface area contributed by atoms with Crippen LogP contribution < -0.4 is 5.73 Å². The van der Waals surface area contributed by atoms with Gasteiger partial charge in [0.15, 0.2) is 0 Å². The molecule has 1 aliphatic heterocycles. The van der Waals surface area contributed by atoms with Crippen molar-refractivity contribution in [2.45, 2.75) is 51.1 Å². The molecule has 108 valence electrons. The van der Waals surface area contributed by atoms with Crippen LogP contribution in [0.5, 0.6) is 0 Å². The molecular weight excluding hydrogens is 250 g/mol. The Morgan fingerprint density at radius 1 is 1.30 bits per heavy atom. The smallest absolute Gasteiger partial charge is 0.227 e. The highest BCUT2D eigenvalue weighted by atomic mass is 16.2.